The van der Waals surface area contributed by atoms with Crippen LogP contribution in [-0.2, 0) is 26.2 Å². The molecule has 170 valence electrons. The van der Waals surface area contributed by atoms with Crippen LogP contribution in [0.3, 0.4) is 0 Å². The number of carbonyl (C=O) groups excluding carboxylic acids is 2. The number of nitrogens with one attached hydrogen (secondary N) is 2. The van der Waals surface area contributed by atoms with Gasteiger partial charge in [0.05, 0.1) is 17.7 Å². The fourth-order valence-corrected chi connectivity index (χ4v) is 5.94. The van der Waals surface area contributed by atoms with Crippen molar-refractivity contribution >= 4 is 27.5 Å². The highest BCUT2D eigenvalue weighted by atomic mass is 32.2. The maximum atomic E-state index is 13.5. The van der Waals surface area contributed by atoms with Gasteiger partial charge in [0.25, 0.3) is 5.91 Å². The summed E-state index contributed by atoms with van der Waals surface area (Å²) in [6.45, 7) is 1.97. The first-order valence-corrected chi connectivity index (χ1v) is 11.7. The molecule has 1 unspecified atom stereocenters. The largest absolute Gasteiger partial charge is 0.496 e. The van der Waals surface area contributed by atoms with Gasteiger partial charge in [0, 0.05) is 24.7 Å². The maximum absolute atomic E-state index is 13.5. The lowest BCUT2D eigenvalue weighted by Gasteiger charge is -2.26. The monoisotopic (exact) mass is 459 g/mol. The first-order chi connectivity index (χ1) is 15.3. The number of nitrogens with zero attached hydrogens (tertiary/aromatic N) is 1. The molecule has 0 spiro atoms. The number of anilines is 1. The Hall–Kier alpha value is -3.11. The van der Waals surface area contributed by atoms with E-state index in [1.165, 1.54) is 10.4 Å². The van der Waals surface area contributed by atoms with Gasteiger partial charge in [-0.3, -0.25) is 9.59 Å². The molecule has 1 fully saturated rings. The topological polar surface area (TPSA) is 114 Å². The van der Waals surface area contributed by atoms with Crippen molar-refractivity contribution in [3.8, 4) is 11.5 Å². The van der Waals surface area contributed by atoms with Gasteiger partial charge in [0.1, 0.15) is 17.5 Å². The Morgan fingerprint density at radius 3 is 2.88 bits per heavy atom. The summed E-state index contributed by atoms with van der Waals surface area (Å²) in [6, 6.07) is 9.53. The average Bonchev–Trinajstić information content (AvgIpc) is 3.28. The molecule has 1 saturated heterocycles. The third-order valence-corrected chi connectivity index (χ3v) is 7.70. The molecule has 9 nitrogen and oxygen atoms in total. The van der Waals surface area contributed by atoms with Crippen LogP contribution in [0.5, 0.6) is 11.5 Å². The van der Waals surface area contributed by atoms with E-state index in [2.05, 4.69) is 10.6 Å². The molecule has 4 rings (SSSR count). The van der Waals surface area contributed by atoms with Gasteiger partial charge in [-0.1, -0.05) is 18.2 Å². The van der Waals surface area contributed by atoms with Crippen molar-refractivity contribution in [2.45, 2.75) is 37.2 Å². The van der Waals surface area contributed by atoms with E-state index in [1.54, 1.807) is 26.2 Å². The number of hydrogen-bond donors (Lipinski definition) is 2. The molecule has 2 aliphatic heterocycles. The zero-order chi connectivity index (χ0) is 22.9. The van der Waals surface area contributed by atoms with Crippen LogP contribution in [-0.4, -0.2) is 50.8 Å². The zero-order valence-electron chi connectivity index (χ0n) is 17.9. The number of fused-ring (bicyclic) bond motifs is 1. The van der Waals surface area contributed by atoms with E-state index in [0.29, 0.717) is 35.6 Å². The van der Waals surface area contributed by atoms with E-state index in [1.807, 2.05) is 18.2 Å². The molecule has 0 radical (unpaired) electrons. The highest BCUT2D eigenvalue weighted by Crippen LogP contribution is 2.36. The number of ether oxygens (including phenoxy) is 2. The van der Waals surface area contributed by atoms with Crippen LogP contribution in [0.2, 0.25) is 0 Å². The SMILES string of the molecule is COc1ccccc1CNC(=O)C1CCCN1S(=O)(=O)c1cc2c(cc1C)NC(=O)CO2. The smallest absolute Gasteiger partial charge is 0.262 e. The quantitative estimate of drug-likeness (QED) is 0.681. The molecule has 2 heterocycles. The summed E-state index contributed by atoms with van der Waals surface area (Å²) in [6.07, 6.45) is 1.02. The van der Waals surface area contributed by atoms with Crippen molar-refractivity contribution < 1.29 is 27.5 Å². The van der Waals surface area contributed by atoms with Gasteiger partial charge in [-0.05, 0) is 37.5 Å². The minimum absolute atomic E-state index is 0.0665. The third kappa shape index (κ3) is 4.15. The Morgan fingerprint density at radius 1 is 1.31 bits per heavy atom. The van der Waals surface area contributed by atoms with Crippen LogP contribution in [0, 0.1) is 6.92 Å². The van der Waals surface area contributed by atoms with E-state index in [-0.39, 0.29) is 36.4 Å². The molecule has 2 aromatic carbocycles. The lowest BCUT2D eigenvalue weighted by molar-refractivity contribution is -0.124. The molecule has 0 bridgehead atoms. The van der Waals surface area contributed by atoms with Gasteiger partial charge in [-0.25, -0.2) is 8.42 Å². The number of hydrogen-bond acceptors (Lipinski definition) is 6. The molecule has 0 aliphatic carbocycles. The minimum Gasteiger partial charge on any atom is -0.496 e. The first-order valence-electron chi connectivity index (χ1n) is 10.3. The fourth-order valence-electron chi connectivity index (χ4n) is 4.06. The van der Waals surface area contributed by atoms with Crippen LogP contribution in [0.15, 0.2) is 41.3 Å². The Labute approximate surface area is 186 Å². The van der Waals surface area contributed by atoms with Crippen molar-refractivity contribution in [2.75, 3.05) is 25.6 Å². The number of aryl methyl sites for hydroxylation is 1. The van der Waals surface area contributed by atoms with E-state index >= 15 is 0 Å². The van der Waals surface area contributed by atoms with Gasteiger partial charge in [-0.2, -0.15) is 4.31 Å². The second kappa shape index (κ2) is 8.79. The summed E-state index contributed by atoms with van der Waals surface area (Å²) in [5, 5.41) is 5.51. The van der Waals surface area contributed by atoms with E-state index in [9.17, 15) is 18.0 Å². The number of amides is 2. The second-order valence-corrected chi connectivity index (χ2v) is 9.61. The molecule has 10 heteroatoms. The molecular weight excluding hydrogens is 434 g/mol. The van der Waals surface area contributed by atoms with Crippen molar-refractivity contribution in [2.24, 2.45) is 0 Å². The minimum atomic E-state index is -3.95. The molecule has 0 saturated carbocycles. The average molecular weight is 460 g/mol. The maximum Gasteiger partial charge on any atom is 0.262 e. The second-order valence-electron chi connectivity index (χ2n) is 7.75. The van der Waals surface area contributed by atoms with E-state index in [4.69, 9.17) is 9.47 Å². The Morgan fingerprint density at radius 2 is 2.09 bits per heavy atom. The Balaban J connectivity index is 1.55. The molecule has 2 N–H and O–H groups in total. The number of benzene rings is 2. The number of carbonyl (C=O) groups is 2. The highest BCUT2D eigenvalue weighted by Gasteiger charge is 2.40. The van der Waals surface area contributed by atoms with Crippen molar-refractivity contribution in [3.63, 3.8) is 0 Å². The van der Waals surface area contributed by atoms with Crippen molar-refractivity contribution in [1.29, 1.82) is 0 Å². The van der Waals surface area contributed by atoms with Gasteiger partial charge < -0.3 is 20.1 Å². The first kappa shape index (κ1) is 22.1. The molecule has 32 heavy (non-hydrogen) atoms. The predicted octanol–water partition coefficient (Wildman–Crippen LogP) is 1.80. The Kier molecular flexibility index (Phi) is 6.07. The van der Waals surface area contributed by atoms with E-state index in [0.717, 1.165) is 5.56 Å². The third-order valence-electron chi connectivity index (χ3n) is 5.65. The molecule has 1 atom stereocenters. The van der Waals surface area contributed by atoms with E-state index < -0.39 is 16.1 Å². The lowest BCUT2D eigenvalue weighted by Crippen LogP contribution is -2.45. The van der Waals surface area contributed by atoms with Crippen LogP contribution in [0.25, 0.3) is 0 Å². The summed E-state index contributed by atoms with van der Waals surface area (Å²) < 4.78 is 38.9. The van der Waals surface area contributed by atoms with Crippen LogP contribution in [0.4, 0.5) is 5.69 Å². The summed E-state index contributed by atoms with van der Waals surface area (Å²) >= 11 is 0. The zero-order valence-corrected chi connectivity index (χ0v) is 18.7. The molecule has 2 aromatic rings. The predicted molar refractivity (Wildman–Crippen MR) is 117 cm³/mol. The molecule has 2 amide bonds. The van der Waals surface area contributed by atoms with Crippen LogP contribution >= 0.6 is 0 Å². The van der Waals surface area contributed by atoms with Gasteiger partial charge in [0.2, 0.25) is 15.9 Å². The van der Waals surface area contributed by atoms with Crippen LogP contribution in [0.1, 0.15) is 24.0 Å². The van der Waals surface area contributed by atoms with Crippen molar-refractivity contribution in [1.82, 2.24) is 9.62 Å². The Bertz CT molecular complexity index is 1160. The standard InChI is InChI=1S/C22H25N3O6S/c1-14-10-16-19(31-13-21(26)24-16)11-20(14)32(28,29)25-9-5-7-17(25)22(27)23-12-15-6-3-4-8-18(15)30-2/h3-4,6,8,10-11,17H,5,7,9,12-13H2,1-2H3,(H,23,27)(H,24,26). The number of para-hydroxylation sites is 1. The molecule has 0 aromatic heterocycles. The van der Waals surface area contributed by atoms with Gasteiger partial charge in [-0.15, -0.1) is 0 Å². The molecular formula is C22H25N3O6S. The summed E-state index contributed by atoms with van der Waals surface area (Å²) in [5.41, 5.74) is 1.71. The highest BCUT2D eigenvalue weighted by molar-refractivity contribution is 7.89. The summed E-state index contributed by atoms with van der Waals surface area (Å²) in [4.78, 5) is 24.5. The van der Waals surface area contributed by atoms with Crippen molar-refractivity contribution in [3.05, 3.63) is 47.5 Å². The van der Waals surface area contributed by atoms with Crippen LogP contribution < -0.4 is 20.1 Å². The fraction of sp³-hybridized carbons (Fsp3) is 0.364. The lowest BCUT2D eigenvalue weighted by atomic mass is 10.2. The molecule has 2 aliphatic rings. The van der Waals surface area contributed by atoms with Gasteiger partial charge in [0.15, 0.2) is 6.61 Å². The summed E-state index contributed by atoms with van der Waals surface area (Å²) in [5.74, 6) is 0.306. The normalized spacial score (nSPS) is 18.4. The number of methoxy groups -OCH3 is 1. The number of sulfonamides is 1. The van der Waals surface area contributed by atoms with Gasteiger partial charge >= 0.3 is 0 Å². The number of rotatable bonds is 6. The summed E-state index contributed by atoms with van der Waals surface area (Å²) in [7, 11) is -2.39.